The molecule has 0 unspecified atom stereocenters. The van der Waals surface area contributed by atoms with Crippen LogP contribution in [-0.4, -0.2) is 71.0 Å². The zero-order chi connectivity index (χ0) is 17.9. The smallest absolute Gasteiger partial charge is 0.225 e. The van der Waals surface area contributed by atoms with Crippen molar-refractivity contribution < 1.29 is 4.79 Å². The van der Waals surface area contributed by atoms with Crippen LogP contribution in [0.5, 0.6) is 0 Å². The Kier molecular flexibility index (Phi) is 7.11. The van der Waals surface area contributed by atoms with Gasteiger partial charge in [-0.15, -0.1) is 0 Å². The fourth-order valence-corrected chi connectivity index (χ4v) is 4.45. The van der Waals surface area contributed by atoms with E-state index in [1.807, 2.05) is 13.8 Å². The standard InChI is InChI=1S/C20H39N3O/c1-15(2)20(24)23(17(5)6)19-9-13-22(14-10-19)18-7-11-21(12-8-18)16(3)4/h15-19H,7-14H2,1-6H3. The molecule has 0 atom stereocenters. The Morgan fingerprint density at radius 2 is 1.42 bits per heavy atom. The number of nitrogens with zero attached hydrogens (tertiary/aromatic N) is 3. The number of hydrogen-bond acceptors (Lipinski definition) is 3. The number of hydrogen-bond donors (Lipinski definition) is 0. The molecule has 0 aliphatic carbocycles. The molecule has 140 valence electrons. The lowest BCUT2D eigenvalue weighted by atomic mass is 9.95. The first-order chi connectivity index (χ1) is 11.3. The molecule has 24 heavy (non-hydrogen) atoms. The molecule has 0 radical (unpaired) electrons. The Morgan fingerprint density at radius 1 is 0.875 bits per heavy atom. The molecular weight excluding hydrogens is 298 g/mol. The zero-order valence-corrected chi connectivity index (χ0v) is 16.8. The molecule has 4 nitrogen and oxygen atoms in total. The maximum absolute atomic E-state index is 12.6. The van der Waals surface area contributed by atoms with Crippen molar-refractivity contribution in [3.8, 4) is 0 Å². The predicted octanol–water partition coefficient (Wildman–Crippen LogP) is 3.22. The maximum atomic E-state index is 12.6. The predicted molar refractivity (Wildman–Crippen MR) is 101 cm³/mol. The van der Waals surface area contributed by atoms with Crippen LogP contribution >= 0.6 is 0 Å². The topological polar surface area (TPSA) is 26.8 Å². The van der Waals surface area contributed by atoms with Gasteiger partial charge in [-0.05, 0) is 66.5 Å². The van der Waals surface area contributed by atoms with Crippen LogP contribution < -0.4 is 0 Å². The quantitative estimate of drug-likeness (QED) is 0.771. The summed E-state index contributed by atoms with van der Waals surface area (Å²) in [6.07, 6.45) is 4.89. The highest BCUT2D eigenvalue weighted by molar-refractivity contribution is 5.78. The van der Waals surface area contributed by atoms with E-state index < -0.39 is 0 Å². The van der Waals surface area contributed by atoms with E-state index in [0.29, 0.717) is 24.0 Å². The van der Waals surface area contributed by atoms with Crippen LogP contribution in [-0.2, 0) is 4.79 Å². The summed E-state index contributed by atoms with van der Waals surface area (Å²) in [5.41, 5.74) is 0. The second-order valence-corrected chi connectivity index (χ2v) is 8.62. The van der Waals surface area contributed by atoms with Gasteiger partial charge in [-0.1, -0.05) is 13.8 Å². The Bertz CT molecular complexity index is 392. The van der Waals surface area contributed by atoms with Gasteiger partial charge in [0, 0.05) is 43.2 Å². The summed E-state index contributed by atoms with van der Waals surface area (Å²) in [5.74, 6) is 0.430. The molecular formula is C20H39N3O. The molecule has 0 saturated carbocycles. The number of likely N-dealkylation sites (tertiary alicyclic amines) is 2. The van der Waals surface area contributed by atoms with E-state index in [-0.39, 0.29) is 5.92 Å². The normalized spacial score (nSPS) is 22.7. The van der Waals surface area contributed by atoms with Crippen molar-refractivity contribution in [2.24, 2.45) is 5.92 Å². The third-order valence-electron chi connectivity index (χ3n) is 5.94. The fraction of sp³-hybridized carbons (Fsp3) is 0.950. The molecule has 0 aromatic heterocycles. The van der Waals surface area contributed by atoms with Crippen molar-refractivity contribution in [3.63, 3.8) is 0 Å². The Balaban J connectivity index is 1.85. The molecule has 0 aromatic carbocycles. The van der Waals surface area contributed by atoms with Gasteiger partial charge in [0.05, 0.1) is 0 Å². The fourth-order valence-electron chi connectivity index (χ4n) is 4.45. The summed E-state index contributed by atoms with van der Waals surface area (Å²) in [6.45, 7) is 17.8. The maximum Gasteiger partial charge on any atom is 0.225 e. The van der Waals surface area contributed by atoms with E-state index in [2.05, 4.69) is 42.4 Å². The van der Waals surface area contributed by atoms with Crippen LogP contribution in [0.25, 0.3) is 0 Å². The van der Waals surface area contributed by atoms with E-state index >= 15 is 0 Å². The van der Waals surface area contributed by atoms with E-state index in [1.165, 1.54) is 25.9 Å². The zero-order valence-electron chi connectivity index (χ0n) is 16.8. The molecule has 0 aromatic rings. The summed E-state index contributed by atoms with van der Waals surface area (Å²) in [6, 6.07) is 2.19. The molecule has 2 aliphatic rings. The van der Waals surface area contributed by atoms with Crippen molar-refractivity contribution in [2.75, 3.05) is 26.2 Å². The lowest BCUT2D eigenvalue weighted by Crippen LogP contribution is -2.54. The van der Waals surface area contributed by atoms with E-state index in [1.54, 1.807) is 0 Å². The van der Waals surface area contributed by atoms with E-state index in [9.17, 15) is 4.79 Å². The van der Waals surface area contributed by atoms with Crippen LogP contribution in [0.1, 0.15) is 67.2 Å². The van der Waals surface area contributed by atoms with E-state index in [0.717, 1.165) is 32.0 Å². The minimum Gasteiger partial charge on any atom is -0.337 e. The van der Waals surface area contributed by atoms with Crippen molar-refractivity contribution in [2.45, 2.75) is 91.4 Å². The van der Waals surface area contributed by atoms with Crippen LogP contribution in [0.3, 0.4) is 0 Å². The Hall–Kier alpha value is -0.610. The van der Waals surface area contributed by atoms with Crippen LogP contribution in [0, 0.1) is 5.92 Å². The van der Waals surface area contributed by atoms with Gasteiger partial charge in [-0.3, -0.25) is 4.79 Å². The summed E-state index contributed by atoms with van der Waals surface area (Å²) in [5, 5.41) is 0. The molecule has 2 fully saturated rings. The van der Waals surface area contributed by atoms with Crippen molar-refractivity contribution in [1.29, 1.82) is 0 Å². The molecule has 2 saturated heterocycles. The lowest BCUT2D eigenvalue weighted by molar-refractivity contribution is -0.140. The summed E-state index contributed by atoms with van der Waals surface area (Å²) < 4.78 is 0. The lowest BCUT2D eigenvalue weighted by Gasteiger charge is -2.45. The first kappa shape index (κ1) is 19.7. The van der Waals surface area contributed by atoms with Gasteiger partial charge >= 0.3 is 0 Å². The monoisotopic (exact) mass is 337 g/mol. The van der Waals surface area contributed by atoms with Crippen LogP contribution in [0.15, 0.2) is 0 Å². The Labute approximate surface area is 149 Å². The Morgan fingerprint density at radius 3 is 1.83 bits per heavy atom. The SMILES string of the molecule is CC(C)C(=O)N(C(C)C)C1CCN(C2CCN(C(C)C)CC2)CC1. The summed E-state index contributed by atoms with van der Waals surface area (Å²) >= 11 is 0. The average Bonchev–Trinajstić information content (AvgIpc) is 2.55. The highest BCUT2D eigenvalue weighted by Crippen LogP contribution is 2.26. The minimum atomic E-state index is 0.103. The van der Waals surface area contributed by atoms with Crippen molar-refractivity contribution in [1.82, 2.24) is 14.7 Å². The third kappa shape index (κ3) is 4.72. The van der Waals surface area contributed by atoms with Crippen LogP contribution in [0.2, 0.25) is 0 Å². The minimum absolute atomic E-state index is 0.103. The highest BCUT2D eigenvalue weighted by Gasteiger charge is 2.33. The second kappa shape index (κ2) is 8.66. The number of carbonyl (C=O) groups excluding carboxylic acids is 1. The molecule has 2 aliphatic heterocycles. The molecule has 0 spiro atoms. The molecule has 2 rings (SSSR count). The van der Waals surface area contributed by atoms with Gasteiger partial charge in [0.1, 0.15) is 0 Å². The number of amides is 1. The van der Waals surface area contributed by atoms with Gasteiger partial charge in [0.2, 0.25) is 5.91 Å². The summed E-state index contributed by atoms with van der Waals surface area (Å²) in [7, 11) is 0. The molecule has 1 amide bonds. The number of piperidine rings is 2. The van der Waals surface area contributed by atoms with Gasteiger partial charge in [-0.2, -0.15) is 0 Å². The van der Waals surface area contributed by atoms with Gasteiger partial charge in [0.15, 0.2) is 0 Å². The average molecular weight is 338 g/mol. The highest BCUT2D eigenvalue weighted by atomic mass is 16.2. The number of rotatable bonds is 5. The largest absolute Gasteiger partial charge is 0.337 e. The number of carbonyl (C=O) groups is 1. The van der Waals surface area contributed by atoms with Crippen molar-refractivity contribution in [3.05, 3.63) is 0 Å². The molecule has 2 heterocycles. The third-order valence-corrected chi connectivity index (χ3v) is 5.94. The van der Waals surface area contributed by atoms with Crippen LogP contribution in [0.4, 0.5) is 0 Å². The van der Waals surface area contributed by atoms with Gasteiger partial charge < -0.3 is 14.7 Å². The molecule has 4 heteroatoms. The van der Waals surface area contributed by atoms with E-state index in [4.69, 9.17) is 0 Å². The molecule has 0 N–H and O–H groups in total. The molecule has 0 bridgehead atoms. The van der Waals surface area contributed by atoms with Crippen molar-refractivity contribution >= 4 is 5.91 Å². The van der Waals surface area contributed by atoms with Gasteiger partial charge in [-0.25, -0.2) is 0 Å². The second-order valence-electron chi connectivity index (χ2n) is 8.62. The summed E-state index contributed by atoms with van der Waals surface area (Å²) in [4.78, 5) is 20.0. The van der Waals surface area contributed by atoms with Gasteiger partial charge in [0.25, 0.3) is 0 Å². The first-order valence-electron chi connectivity index (χ1n) is 10.1. The first-order valence-corrected chi connectivity index (χ1v) is 10.1.